The van der Waals surface area contributed by atoms with Crippen LogP contribution in [0.15, 0.2) is 36.4 Å². The van der Waals surface area contributed by atoms with Crippen LogP contribution in [0.5, 0.6) is 0 Å². The third kappa shape index (κ3) is 2.42. The third-order valence-electron chi connectivity index (χ3n) is 4.10. The Kier molecular flexibility index (Phi) is 4.32. The first-order chi connectivity index (χ1) is 11.4. The Bertz CT molecular complexity index is 1340. The summed E-state index contributed by atoms with van der Waals surface area (Å²) in [5, 5.41) is 5.49. The topological polar surface area (TPSA) is 0 Å². The van der Waals surface area contributed by atoms with Crippen molar-refractivity contribution < 1.29 is 8.78 Å². The van der Waals surface area contributed by atoms with Crippen molar-refractivity contribution in [1.29, 1.82) is 0 Å². The van der Waals surface area contributed by atoms with Gasteiger partial charge in [-0.25, -0.2) is 0 Å². The minimum absolute atomic E-state index is 0.273. The fraction of sp³-hybridized carbons (Fsp3) is 0. The molecule has 24 heavy (non-hydrogen) atoms. The molecule has 0 unspecified atom stereocenters. The van der Waals surface area contributed by atoms with E-state index in [1.54, 1.807) is 12.1 Å². The molecule has 0 heterocycles. The number of rotatable bonds is 0. The Morgan fingerprint density at radius 1 is 0.500 bits per heavy atom. The van der Waals surface area contributed by atoms with Crippen molar-refractivity contribution in [3.63, 3.8) is 0 Å². The van der Waals surface area contributed by atoms with Gasteiger partial charge in [0.05, 0.1) is 0 Å². The van der Waals surface area contributed by atoms with E-state index < -0.39 is 0 Å². The second-order valence-corrected chi connectivity index (χ2v) is 8.87. The summed E-state index contributed by atoms with van der Waals surface area (Å²) in [4.78, 5) is 0. The summed E-state index contributed by atoms with van der Waals surface area (Å²) in [5.41, 5.74) is 0. The van der Waals surface area contributed by atoms with Gasteiger partial charge in [-0.1, -0.05) is 0 Å². The van der Waals surface area contributed by atoms with Crippen LogP contribution in [0.4, 0.5) is 8.78 Å². The number of halogens is 2. The predicted molar refractivity (Wildman–Crippen MR) is 95.0 cm³/mol. The van der Waals surface area contributed by atoms with Crippen molar-refractivity contribution in [3.05, 3.63) is 74.7 Å². The zero-order valence-electron chi connectivity index (χ0n) is 11.9. The quantitative estimate of drug-likeness (QED) is 0.283. The molecule has 0 spiro atoms. The van der Waals surface area contributed by atoms with E-state index in [2.05, 4.69) is 62.3 Å². The van der Waals surface area contributed by atoms with Gasteiger partial charge in [-0.15, -0.1) is 0 Å². The average Bonchev–Trinajstić information content (AvgIpc) is 2.55. The van der Waals surface area contributed by atoms with Gasteiger partial charge in [0.25, 0.3) is 0 Å². The second-order valence-electron chi connectivity index (χ2n) is 5.45. The molecule has 2 aromatic carbocycles. The van der Waals surface area contributed by atoms with E-state index >= 15 is 0 Å². The summed E-state index contributed by atoms with van der Waals surface area (Å²) >= 11 is 12.4. The number of hydrogen-bond donors (Lipinski definition) is 0. The maximum absolute atomic E-state index is 13.7. The third-order valence-corrected chi connectivity index (χ3v) is 7.66. The Balaban J connectivity index is 2.55. The molecule has 6 heteroatoms. The second kappa shape index (κ2) is 6.09. The van der Waals surface area contributed by atoms with E-state index in [9.17, 15) is 8.78 Å². The molecule has 2 aliphatic rings. The first-order valence-electron chi connectivity index (χ1n) is 6.92. The van der Waals surface area contributed by atoms with Crippen molar-refractivity contribution in [1.82, 2.24) is 0 Å². The number of fused-ring (bicyclic) bond motifs is 2. The van der Waals surface area contributed by atoms with Gasteiger partial charge in [0, 0.05) is 0 Å². The van der Waals surface area contributed by atoms with Gasteiger partial charge in [-0.3, -0.25) is 0 Å². The van der Waals surface area contributed by atoms with Crippen LogP contribution in [0, 0.1) is 38.3 Å². The van der Waals surface area contributed by atoms with E-state index in [0.717, 1.165) is 48.2 Å². The molecule has 2 aliphatic carbocycles. The van der Waals surface area contributed by atoms with Gasteiger partial charge < -0.3 is 0 Å². The molecule has 0 saturated carbocycles. The van der Waals surface area contributed by atoms with Crippen LogP contribution in [0.25, 0.3) is 21.5 Å². The number of hydrogen-bond acceptors (Lipinski definition) is 0. The number of benzene rings is 2. The standard InChI is InChI=1S/C18H6F2Se4/c19-7-1-3-9-11(5-7)17(23)14-13(15(9)21)18(24)12-6-8(20)2-4-10(12)16(14)22/h1-6H. The molecule has 2 aromatic rings. The van der Waals surface area contributed by atoms with Crippen molar-refractivity contribution >= 4 is 83.8 Å². The Hall–Kier alpha value is -0.402. The predicted octanol–water partition coefficient (Wildman–Crippen LogP) is 2.67. The summed E-state index contributed by atoms with van der Waals surface area (Å²) in [6, 6.07) is 9.51. The van der Waals surface area contributed by atoms with Crippen LogP contribution in [0.1, 0.15) is 0 Å². The zero-order valence-corrected chi connectivity index (χ0v) is 18.7. The first kappa shape index (κ1) is 17.0. The molecule has 0 fully saturated rings. The van der Waals surface area contributed by atoms with Crippen LogP contribution < -0.4 is 0 Å². The molecule has 0 amide bonds. The van der Waals surface area contributed by atoms with Crippen molar-refractivity contribution in [3.8, 4) is 0 Å². The molecule has 4 rings (SSSR count). The van der Waals surface area contributed by atoms with E-state index in [1.807, 2.05) is 0 Å². The zero-order chi connectivity index (χ0) is 17.2. The molecule has 0 nitrogen and oxygen atoms in total. The molecule has 0 N–H and O–H groups in total. The molecule has 0 radical (unpaired) electrons. The summed E-state index contributed by atoms with van der Waals surface area (Å²) in [6.07, 6.45) is 0. The van der Waals surface area contributed by atoms with Gasteiger partial charge in [-0.05, 0) is 0 Å². The van der Waals surface area contributed by atoms with E-state index in [-0.39, 0.29) is 11.6 Å². The van der Waals surface area contributed by atoms with E-state index in [1.165, 1.54) is 24.3 Å². The molecule has 0 saturated heterocycles. The van der Waals surface area contributed by atoms with Crippen molar-refractivity contribution in [2.75, 3.05) is 0 Å². The van der Waals surface area contributed by atoms with Crippen molar-refractivity contribution in [2.45, 2.75) is 0 Å². The van der Waals surface area contributed by atoms with Crippen LogP contribution in [0.3, 0.4) is 0 Å². The van der Waals surface area contributed by atoms with E-state index in [4.69, 9.17) is 0 Å². The Morgan fingerprint density at radius 2 is 0.833 bits per heavy atom. The fourth-order valence-electron chi connectivity index (χ4n) is 3.00. The van der Waals surface area contributed by atoms with Crippen LogP contribution in [-0.4, -0.2) is 62.3 Å². The first-order valence-corrected chi connectivity index (χ1v) is 10.3. The van der Waals surface area contributed by atoms with Gasteiger partial charge >= 0.3 is 167 Å². The SMILES string of the molecule is Fc1ccc2c(=[Se])c3c(=[Se])c4cc(F)ccc4c(=[Se])c=3c(=[Se])c2c1. The van der Waals surface area contributed by atoms with Gasteiger partial charge in [-0.2, -0.15) is 0 Å². The van der Waals surface area contributed by atoms with Gasteiger partial charge in [0.15, 0.2) is 0 Å². The minimum atomic E-state index is -0.273. The van der Waals surface area contributed by atoms with Crippen LogP contribution in [-0.2, 0) is 0 Å². The molecule has 0 aliphatic heterocycles. The van der Waals surface area contributed by atoms with E-state index in [0.29, 0.717) is 0 Å². The molecule has 0 bridgehead atoms. The Morgan fingerprint density at radius 3 is 1.21 bits per heavy atom. The molecular formula is C18H6F2Se4. The summed E-state index contributed by atoms with van der Waals surface area (Å²) in [6.45, 7) is 0. The Labute approximate surface area is 166 Å². The molecule has 0 atom stereocenters. The normalized spacial score (nSPS) is 11.6. The maximum atomic E-state index is 13.7. The average molecular weight is 576 g/mol. The van der Waals surface area contributed by atoms with Crippen LogP contribution in [0.2, 0.25) is 0 Å². The monoisotopic (exact) mass is 580 g/mol. The van der Waals surface area contributed by atoms with Gasteiger partial charge in [0.1, 0.15) is 0 Å². The molecular weight excluding hydrogens is 570 g/mol. The van der Waals surface area contributed by atoms with Crippen LogP contribution >= 0.6 is 0 Å². The summed E-state index contributed by atoms with van der Waals surface area (Å²) in [5.74, 6) is -0.545. The fourth-order valence-corrected chi connectivity index (χ4v) is 6.83. The summed E-state index contributed by atoms with van der Waals surface area (Å²) in [7, 11) is 0. The van der Waals surface area contributed by atoms with Gasteiger partial charge in [0.2, 0.25) is 0 Å². The molecule has 116 valence electrons. The van der Waals surface area contributed by atoms with Crippen molar-refractivity contribution in [2.24, 2.45) is 0 Å². The molecule has 0 aromatic heterocycles. The summed E-state index contributed by atoms with van der Waals surface area (Å²) < 4.78 is 31.1.